The summed E-state index contributed by atoms with van der Waals surface area (Å²) in [5, 5.41) is 17.2. The number of hydrogen-bond acceptors (Lipinski definition) is 0. The van der Waals surface area contributed by atoms with Crippen LogP contribution in [0.25, 0.3) is 21.3 Å². The van der Waals surface area contributed by atoms with E-state index >= 15 is 0 Å². The van der Waals surface area contributed by atoms with E-state index in [0.29, 0.717) is 24.2 Å². The first-order chi connectivity index (χ1) is 9.25. The van der Waals surface area contributed by atoms with Gasteiger partial charge >= 0.3 is 0 Å². The van der Waals surface area contributed by atoms with Crippen molar-refractivity contribution in [2.45, 2.75) is 79.6 Å². The molecule has 21 heavy (non-hydrogen) atoms. The van der Waals surface area contributed by atoms with Crippen molar-refractivity contribution in [3.05, 3.63) is 21.3 Å². The summed E-state index contributed by atoms with van der Waals surface area (Å²) in [6, 6.07) is 1.84. The first-order valence-electron chi connectivity index (χ1n) is 7.92. The molecule has 0 aromatic heterocycles. The Morgan fingerprint density at radius 1 is 0.429 bits per heavy atom. The molecule has 0 saturated carbocycles. The van der Waals surface area contributed by atoms with Gasteiger partial charge in [-0.05, 0) is 0 Å². The van der Waals surface area contributed by atoms with Crippen LogP contribution in [0.2, 0.25) is 0 Å². The summed E-state index contributed by atoms with van der Waals surface area (Å²) in [5.41, 5.74) is 0. The molecule has 0 spiro atoms. The summed E-state index contributed by atoms with van der Waals surface area (Å²) < 4.78 is 0. The van der Waals surface area contributed by atoms with Gasteiger partial charge in [0.1, 0.15) is 0 Å². The smallest absolute Gasteiger partial charge is 0 e. The van der Waals surface area contributed by atoms with Crippen molar-refractivity contribution in [1.82, 2.24) is 0 Å². The van der Waals surface area contributed by atoms with Crippen LogP contribution in [0.5, 0.6) is 0 Å². The minimum Gasteiger partial charge on any atom is -0.661 e. The molecule has 0 saturated heterocycles. The molecule has 0 aromatic carbocycles. The van der Waals surface area contributed by atoms with E-state index in [2.05, 4.69) is 76.7 Å². The van der Waals surface area contributed by atoms with E-state index in [0.717, 1.165) is 26.2 Å². The molecular weight excluding hydrogens is 307 g/mol. The molecule has 0 unspecified atom stereocenters. The van der Waals surface area contributed by atoms with Crippen LogP contribution in [-0.4, -0.2) is 50.3 Å². The Hall–Kier alpha value is 0.346. The Labute approximate surface area is 144 Å². The molecule has 5 heteroatoms. The van der Waals surface area contributed by atoms with Crippen LogP contribution in [0.4, 0.5) is 0 Å². The fraction of sp³-hybridized carbons (Fsp3) is 1.00. The fourth-order valence-electron chi connectivity index (χ4n) is 1.26. The van der Waals surface area contributed by atoms with E-state index in [4.69, 9.17) is 0 Å². The first kappa shape index (κ1) is 26.3. The van der Waals surface area contributed by atoms with E-state index < -0.39 is 0 Å². The van der Waals surface area contributed by atoms with Crippen molar-refractivity contribution >= 4 is 0 Å². The van der Waals surface area contributed by atoms with Gasteiger partial charge in [0.25, 0.3) is 0 Å². The molecule has 0 aromatic rings. The predicted octanol–water partition coefficient (Wildman–Crippen LogP) is 5.10. The van der Waals surface area contributed by atoms with Gasteiger partial charge in [-0.3, -0.25) is 0 Å². The van der Waals surface area contributed by atoms with E-state index in [9.17, 15) is 0 Å². The molecule has 0 aliphatic heterocycles. The zero-order valence-corrected chi connectivity index (χ0v) is 16.3. The topological polar surface area (TPSA) is 56.4 Å². The Balaban J connectivity index is -0.000000295. The van der Waals surface area contributed by atoms with Gasteiger partial charge in [0.2, 0.25) is 0 Å². The van der Waals surface area contributed by atoms with Crippen molar-refractivity contribution in [2.75, 3.05) is 26.2 Å². The van der Waals surface area contributed by atoms with Crippen molar-refractivity contribution in [2.24, 2.45) is 0 Å². The number of rotatable bonds is 10. The molecule has 133 valence electrons. The molecule has 0 atom stereocenters. The van der Waals surface area contributed by atoms with Gasteiger partial charge in [-0.2, -0.15) is 26.2 Å². The molecule has 0 fully saturated rings. The van der Waals surface area contributed by atoms with Crippen molar-refractivity contribution in [3.63, 3.8) is 0 Å². The van der Waals surface area contributed by atoms with Crippen molar-refractivity contribution in [1.29, 1.82) is 0 Å². The van der Waals surface area contributed by atoms with E-state index in [1.54, 1.807) is 0 Å². The van der Waals surface area contributed by atoms with Crippen LogP contribution in [-0.2, 0) is 16.8 Å². The Morgan fingerprint density at radius 2 is 0.571 bits per heavy atom. The largest absolute Gasteiger partial charge is 0.661 e. The molecule has 0 aliphatic rings. The Bertz CT molecular complexity index is 145. The average Bonchev–Trinajstić information content (AvgIpc) is 2.30. The molecule has 0 aliphatic carbocycles. The van der Waals surface area contributed by atoms with Gasteiger partial charge in [0.15, 0.2) is 0 Å². The van der Waals surface area contributed by atoms with Gasteiger partial charge in [-0.25, -0.2) is 0 Å². The quantitative estimate of drug-likeness (QED) is 0.496. The maximum absolute atomic E-state index is 4.30. The van der Waals surface area contributed by atoms with Crippen LogP contribution >= 0.6 is 0 Å². The Kier molecular flexibility index (Phi) is 23.0. The fourth-order valence-corrected chi connectivity index (χ4v) is 1.26. The molecular formula is C16H36CoN4-4. The summed E-state index contributed by atoms with van der Waals surface area (Å²) in [6.07, 6.45) is 0. The van der Waals surface area contributed by atoms with E-state index in [1.165, 1.54) is 0 Å². The summed E-state index contributed by atoms with van der Waals surface area (Å²) in [7, 11) is 0. The summed E-state index contributed by atoms with van der Waals surface area (Å²) in [6.45, 7) is 20.3. The van der Waals surface area contributed by atoms with Gasteiger partial charge in [0, 0.05) is 16.8 Å². The van der Waals surface area contributed by atoms with E-state index in [-0.39, 0.29) is 16.8 Å². The minimum atomic E-state index is 0. The zero-order valence-electron chi connectivity index (χ0n) is 15.3. The third-order valence-corrected chi connectivity index (χ3v) is 2.18. The summed E-state index contributed by atoms with van der Waals surface area (Å²) in [5.74, 6) is 0. The van der Waals surface area contributed by atoms with Gasteiger partial charge in [-0.1, -0.05) is 55.4 Å². The summed E-state index contributed by atoms with van der Waals surface area (Å²) >= 11 is 0. The molecule has 0 bridgehead atoms. The predicted molar refractivity (Wildman–Crippen MR) is 93.4 cm³/mol. The number of nitrogens with zero attached hydrogens (tertiary/aromatic N) is 4. The monoisotopic (exact) mass is 343 g/mol. The summed E-state index contributed by atoms with van der Waals surface area (Å²) in [4.78, 5) is 0. The van der Waals surface area contributed by atoms with Crippen LogP contribution in [0, 0.1) is 0 Å². The third-order valence-electron chi connectivity index (χ3n) is 2.18. The van der Waals surface area contributed by atoms with Crippen LogP contribution in [0.15, 0.2) is 0 Å². The van der Waals surface area contributed by atoms with Gasteiger partial charge in [-0.15, -0.1) is 24.2 Å². The van der Waals surface area contributed by atoms with Crippen molar-refractivity contribution < 1.29 is 16.8 Å². The Morgan fingerprint density at radius 3 is 0.667 bits per heavy atom. The molecule has 0 amide bonds. The van der Waals surface area contributed by atoms with Crippen molar-refractivity contribution in [3.8, 4) is 0 Å². The third kappa shape index (κ3) is 33.3. The van der Waals surface area contributed by atoms with E-state index in [1.807, 2.05) is 0 Å². The normalized spacial score (nSPS) is 10.9. The van der Waals surface area contributed by atoms with Crippen LogP contribution < -0.4 is 0 Å². The second-order valence-corrected chi connectivity index (χ2v) is 6.00. The second-order valence-electron chi connectivity index (χ2n) is 6.00. The molecule has 0 heterocycles. The molecule has 4 nitrogen and oxygen atoms in total. The minimum absolute atomic E-state index is 0. The zero-order chi connectivity index (χ0) is 16.0. The van der Waals surface area contributed by atoms with Crippen LogP contribution in [0.3, 0.4) is 0 Å². The van der Waals surface area contributed by atoms with Gasteiger partial charge in [0.05, 0.1) is 0 Å². The number of hydrogen-bond donors (Lipinski definition) is 0. The first-order valence-corrected chi connectivity index (χ1v) is 7.92. The average molecular weight is 343 g/mol. The van der Waals surface area contributed by atoms with Gasteiger partial charge < -0.3 is 21.3 Å². The molecule has 0 rings (SSSR count). The molecule has 1 radical (unpaired) electrons. The maximum atomic E-state index is 4.30. The SMILES string of the molecule is CC(C)[N-]CC[N-]C(C)C.CC(C)[N-]CC[N-]C(C)C.[Co]. The molecule has 0 N–H and O–H groups in total. The standard InChI is InChI=1S/2C8H18N2.Co/c2*1-7(2)9-5-6-10-8(3)4;/h2*7-8H,5-6H2,1-4H3;/q2*-2;. The maximum Gasteiger partial charge on any atom is 0 e. The second kappa shape index (κ2) is 18.4. The van der Waals surface area contributed by atoms with Crippen LogP contribution in [0.1, 0.15) is 55.4 Å².